The van der Waals surface area contributed by atoms with Crippen molar-refractivity contribution in [3.63, 3.8) is 0 Å². The zero-order valence-corrected chi connectivity index (χ0v) is 20.6. The second kappa shape index (κ2) is 10.7. The first-order chi connectivity index (χ1) is 13.5. The largest absolute Gasteiger partial charge is 0.357 e. The summed E-state index contributed by atoms with van der Waals surface area (Å²) >= 11 is 1.72. The zero-order chi connectivity index (χ0) is 20.1. The lowest BCUT2D eigenvalue weighted by Gasteiger charge is -2.11. The minimum atomic E-state index is 0. The Hall–Kier alpha value is -2.01. The van der Waals surface area contributed by atoms with E-state index < -0.39 is 0 Å². The molecule has 0 aliphatic heterocycles. The fourth-order valence-electron chi connectivity index (χ4n) is 2.91. The lowest BCUT2D eigenvalue weighted by molar-refractivity contribution is 0.800. The molecule has 0 atom stereocenters. The number of guanidine groups is 1. The molecule has 0 amide bonds. The molecular formula is C20H28IN7S. The second-order valence-electron chi connectivity index (χ2n) is 6.65. The summed E-state index contributed by atoms with van der Waals surface area (Å²) in [6.45, 7) is 12.2. The molecule has 0 radical (unpaired) electrons. The molecule has 7 nitrogen and oxygen atoms in total. The number of halogens is 1. The maximum atomic E-state index is 4.68. The van der Waals surface area contributed by atoms with E-state index in [2.05, 4.69) is 37.6 Å². The molecule has 0 aliphatic carbocycles. The van der Waals surface area contributed by atoms with Gasteiger partial charge in [-0.15, -0.1) is 35.3 Å². The monoisotopic (exact) mass is 525 g/mol. The van der Waals surface area contributed by atoms with Crippen molar-refractivity contribution < 1.29 is 0 Å². The van der Waals surface area contributed by atoms with E-state index in [1.807, 2.05) is 56.8 Å². The van der Waals surface area contributed by atoms with E-state index in [4.69, 9.17) is 0 Å². The molecule has 3 heterocycles. The van der Waals surface area contributed by atoms with Crippen LogP contribution in [0, 0.1) is 27.7 Å². The number of thiazole rings is 1. The van der Waals surface area contributed by atoms with Crippen LogP contribution in [-0.4, -0.2) is 32.3 Å². The number of rotatable bonds is 6. The average molecular weight is 525 g/mol. The predicted octanol–water partition coefficient (Wildman–Crippen LogP) is 3.83. The van der Waals surface area contributed by atoms with Gasteiger partial charge in [-0.05, 0) is 52.3 Å². The second-order valence-corrected chi connectivity index (χ2v) is 7.94. The molecule has 156 valence electrons. The van der Waals surface area contributed by atoms with Crippen molar-refractivity contribution in [1.29, 1.82) is 0 Å². The maximum Gasteiger partial charge on any atom is 0.191 e. The summed E-state index contributed by atoms with van der Waals surface area (Å²) in [6, 6.07) is 6.07. The van der Waals surface area contributed by atoms with Crippen molar-refractivity contribution in [3.05, 3.63) is 56.9 Å². The maximum absolute atomic E-state index is 4.68. The van der Waals surface area contributed by atoms with E-state index in [1.165, 1.54) is 4.88 Å². The summed E-state index contributed by atoms with van der Waals surface area (Å²) in [5.41, 5.74) is 4.19. The molecule has 9 heteroatoms. The highest BCUT2D eigenvalue weighted by atomic mass is 127. The van der Waals surface area contributed by atoms with E-state index in [0.717, 1.165) is 52.5 Å². The zero-order valence-electron chi connectivity index (χ0n) is 17.5. The van der Waals surface area contributed by atoms with Gasteiger partial charge in [-0.1, -0.05) is 6.07 Å². The molecule has 2 N–H and O–H groups in total. The molecule has 0 aliphatic rings. The van der Waals surface area contributed by atoms with Crippen LogP contribution in [-0.2, 0) is 13.1 Å². The summed E-state index contributed by atoms with van der Waals surface area (Å²) in [5, 5.41) is 12.2. The number of pyridine rings is 1. The molecule has 0 saturated heterocycles. The van der Waals surface area contributed by atoms with Crippen LogP contribution in [0.2, 0.25) is 0 Å². The van der Waals surface area contributed by atoms with Crippen LogP contribution in [0.1, 0.15) is 39.5 Å². The molecule has 0 fully saturated rings. The Bertz CT molecular complexity index is 960. The van der Waals surface area contributed by atoms with Crippen molar-refractivity contribution in [3.8, 4) is 5.82 Å². The quantitative estimate of drug-likeness (QED) is 0.291. The SMILES string of the molecule is CCNC(=NCc1ccc(-n2nc(C)cc2C)nc1)NCc1sc(C)nc1C.I. The van der Waals surface area contributed by atoms with E-state index in [9.17, 15) is 0 Å². The van der Waals surface area contributed by atoms with Crippen molar-refractivity contribution in [1.82, 2.24) is 30.4 Å². The molecular weight excluding hydrogens is 497 g/mol. The fraction of sp³-hybridized carbons (Fsp3) is 0.400. The van der Waals surface area contributed by atoms with Gasteiger partial charge >= 0.3 is 0 Å². The van der Waals surface area contributed by atoms with Gasteiger partial charge in [0.25, 0.3) is 0 Å². The first-order valence-corrected chi connectivity index (χ1v) is 10.2. The third kappa shape index (κ3) is 6.23. The van der Waals surface area contributed by atoms with Crippen LogP contribution >= 0.6 is 35.3 Å². The van der Waals surface area contributed by atoms with Gasteiger partial charge in [0.1, 0.15) is 0 Å². The lowest BCUT2D eigenvalue weighted by atomic mass is 10.3. The average Bonchev–Trinajstić information content (AvgIpc) is 3.17. The van der Waals surface area contributed by atoms with Gasteiger partial charge < -0.3 is 10.6 Å². The Morgan fingerprint density at radius 2 is 1.97 bits per heavy atom. The molecule has 0 aromatic carbocycles. The molecule has 3 aromatic rings. The number of aryl methyl sites for hydroxylation is 4. The van der Waals surface area contributed by atoms with Crippen molar-refractivity contribution in [2.24, 2.45) is 4.99 Å². The molecule has 0 unspecified atom stereocenters. The van der Waals surface area contributed by atoms with E-state index in [1.54, 1.807) is 11.3 Å². The Kier molecular flexibility index (Phi) is 8.57. The Morgan fingerprint density at radius 3 is 2.52 bits per heavy atom. The third-order valence-electron chi connectivity index (χ3n) is 4.22. The van der Waals surface area contributed by atoms with Crippen LogP contribution in [0.3, 0.4) is 0 Å². The van der Waals surface area contributed by atoms with Gasteiger partial charge in [-0.25, -0.2) is 19.6 Å². The van der Waals surface area contributed by atoms with Crippen LogP contribution in [0.4, 0.5) is 0 Å². The summed E-state index contributed by atoms with van der Waals surface area (Å²) < 4.78 is 1.85. The highest BCUT2D eigenvalue weighted by Crippen LogP contribution is 2.16. The summed E-state index contributed by atoms with van der Waals surface area (Å²) in [7, 11) is 0. The molecule has 3 aromatic heterocycles. The third-order valence-corrected chi connectivity index (χ3v) is 5.29. The fourth-order valence-corrected chi connectivity index (χ4v) is 3.79. The van der Waals surface area contributed by atoms with E-state index >= 15 is 0 Å². The van der Waals surface area contributed by atoms with Crippen molar-refractivity contribution in [2.75, 3.05) is 6.54 Å². The normalized spacial score (nSPS) is 11.3. The number of hydrogen-bond donors (Lipinski definition) is 2. The predicted molar refractivity (Wildman–Crippen MR) is 129 cm³/mol. The summed E-state index contributed by atoms with van der Waals surface area (Å²) in [6.07, 6.45) is 1.86. The Morgan fingerprint density at radius 1 is 1.17 bits per heavy atom. The Balaban J connectivity index is 0.00000300. The van der Waals surface area contributed by atoms with Crippen molar-refractivity contribution >= 4 is 41.3 Å². The van der Waals surface area contributed by atoms with Gasteiger partial charge in [0.2, 0.25) is 0 Å². The first-order valence-electron chi connectivity index (χ1n) is 9.40. The number of aliphatic imine (C=N–C) groups is 1. The van der Waals surface area contributed by atoms with Gasteiger partial charge in [0.15, 0.2) is 11.8 Å². The van der Waals surface area contributed by atoms with Gasteiger partial charge in [0.05, 0.1) is 29.5 Å². The summed E-state index contributed by atoms with van der Waals surface area (Å²) in [5.74, 6) is 1.61. The van der Waals surface area contributed by atoms with Crippen LogP contribution in [0.15, 0.2) is 29.4 Å². The van der Waals surface area contributed by atoms with Gasteiger partial charge in [-0.2, -0.15) is 5.10 Å². The van der Waals surface area contributed by atoms with Crippen LogP contribution in [0.25, 0.3) is 5.82 Å². The van der Waals surface area contributed by atoms with Gasteiger partial charge in [0, 0.05) is 23.3 Å². The smallest absolute Gasteiger partial charge is 0.191 e. The van der Waals surface area contributed by atoms with Crippen LogP contribution < -0.4 is 10.6 Å². The lowest BCUT2D eigenvalue weighted by Crippen LogP contribution is -2.36. The number of hydrogen-bond acceptors (Lipinski definition) is 5. The summed E-state index contributed by atoms with van der Waals surface area (Å²) in [4.78, 5) is 14.9. The highest BCUT2D eigenvalue weighted by molar-refractivity contribution is 14.0. The number of nitrogens with zero attached hydrogens (tertiary/aromatic N) is 5. The topological polar surface area (TPSA) is 80.0 Å². The first kappa shape index (κ1) is 23.3. The molecule has 3 rings (SSSR count). The highest BCUT2D eigenvalue weighted by Gasteiger charge is 2.07. The van der Waals surface area contributed by atoms with E-state index in [-0.39, 0.29) is 24.0 Å². The van der Waals surface area contributed by atoms with Crippen LogP contribution in [0.5, 0.6) is 0 Å². The van der Waals surface area contributed by atoms with E-state index in [0.29, 0.717) is 6.54 Å². The minimum Gasteiger partial charge on any atom is -0.357 e. The molecule has 29 heavy (non-hydrogen) atoms. The van der Waals surface area contributed by atoms with Crippen molar-refractivity contribution in [2.45, 2.75) is 47.7 Å². The Labute approximate surface area is 193 Å². The molecule has 0 spiro atoms. The van der Waals surface area contributed by atoms with Gasteiger partial charge in [-0.3, -0.25) is 0 Å². The molecule has 0 bridgehead atoms. The standard InChI is InChI=1S/C20H27N7S.HI/c1-6-21-20(24-12-18-15(4)25-16(5)28-18)23-11-17-7-8-19(22-10-17)27-14(3)9-13(2)26-27;/h7-10H,6,11-12H2,1-5H3,(H2,21,23,24);1H. The number of nitrogens with one attached hydrogen (secondary N) is 2. The minimum absolute atomic E-state index is 0. The number of aromatic nitrogens is 4. The molecule has 0 saturated carbocycles.